The van der Waals surface area contributed by atoms with Crippen LogP contribution in [0.5, 0.6) is 0 Å². The molecule has 0 N–H and O–H groups in total. The lowest BCUT2D eigenvalue weighted by Crippen LogP contribution is -2.44. The highest BCUT2D eigenvalue weighted by molar-refractivity contribution is 5.62. The molecule has 0 amide bonds. The van der Waals surface area contributed by atoms with Gasteiger partial charge in [0.25, 0.3) is 0 Å². The van der Waals surface area contributed by atoms with Crippen molar-refractivity contribution >= 4 is 23.1 Å². The zero-order valence-corrected chi connectivity index (χ0v) is 24.3. The van der Waals surface area contributed by atoms with Crippen molar-refractivity contribution in [3.05, 3.63) is 121 Å². The first-order valence-corrected chi connectivity index (χ1v) is 14.7. The van der Waals surface area contributed by atoms with E-state index >= 15 is 0 Å². The minimum atomic E-state index is 1.09. The van der Waals surface area contributed by atoms with Gasteiger partial charge < -0.3 is 24.5 Å². The first-order valence-electron chi connectivity index (χ1n) is 14.7. The topological polar surface area (TPSA) is 20.1 Å². The van der Waals surface area contributed by atoms with Crippen LogP contribution in [0.25, 0.3) is 11.8 Å². The third kappa shape index (κ3) is 6.79. The number of rotatable bonds is 6. The van der Waals surface area contributed by atoms with Crippen molar-refractivity contribution in [2.45, 2.75) is 0 Å². The number of anilines is 3. The van der Waals surface area contributed by atoms with Gasteiger partial charge in [-0.2, -0.15) is 4.57 Å². The number of hydrogen-bond acceptors (Lipinski definition) is 5. The SMILES string of the molecule is CN1CCN(c2ccc(N3C=CC(=CC=Cc4cc[n+](-c5ccc(N6CCN(C)CC6)cc5)cc4)C=C3)cc2)CC1. The normalized spacial score (nSPS) is 18.5. The lowest BCUT2D eigenvalue weighted by molar-refractivity contribution is -0.595. The Labute approximate surface area is 245 Å². The minimum absolute atomic E-state index is 1.09. The second-order valence-corrected chi connectivity index (χ2v) is 11.2. The van der Waals surface area contributed by atoms with Gasteiger partial charge in [0.05, 0.1) is 0 Å². The Hall–Kier alpha value is -4.13. The molecule has 3 aliphatic heterocycles. The van der Waals surface area contributed by atoms with E-state index in [9.17, 15) is 0 Å². The van der Waals surface area contributed by atoms with Gasteiger partial charge in [-0.15, -0.1) is 0 Å². The second-order valence-electron chi connectivity index (χ2n) is 11.2. The van der Waals surface area contributed by atoms with Crippen molar-refractivity contribution in [3.8, 4) is 5.69 Å². The molecule has 6 rings (SSSR count). The molecule has 0 unspecified atom stereocenters. The Balaban J connectivity index is 1.01. The molecule has 6 heteroatoms. The van der Waals surface area contributed by atoms with Gasteiger partial charge in [-0.25, -0.2) is 0 Å². The molecule has 2 saturated heterocycles. The minimum Gasteiger partial charge on any atom is -0.369 e. The Kier molecular flexibility index (Phi) is 8.31. The first-order chi connectivity index (χ1) is 20.1. The molecule has 3 aliphatic rings. The third-order valence-corrected chi connectivity index (χ3v) is 8.32. The lowest BCUT2D eigenvalue weighted by atomic mass is 10.1. The predicted octanol–water partition coefficient (Wildman–Crippen LogP) is 4.95. The summed E-state index contributed by atoms with van der Waals surface area (Å²) in [6.45, 7) is 8.87. The Morgan fingerprint density at radius 2 is 1.07 bits per heavy atom. The maximum Gasteiger partial charge on any atom is 0.210 e. The van der Waals surface area contributed by atoms with Gasteiger partial charge in [0, 0.05) is 106 Å². The lowest BCUT2D eigenvalue weighted by Gasteiger charge is -2.34. The van der Waals surface area contributed by atoms with Gasteiger partial charge in [-0.3, -0.25) is 0 Å². The summed E-state index contributed by atoms with van der Waals surface area (Å²) >= 11 is 0. The summed E-state index contributed by atoms with van der Waals surface area (Å²) in [5.41, 5.74) is 7.33. The number of hydrogen-bond donors (Lipinski definition) is 0. The van der Waals surface area contributed by atoms with Crippen molar-refractivity contribution in [3.63, 3.8) is 0 Å². The molecule has 41 heavy (non-hydrogen) atoms. The Morgan fingerprint density at radius 3 is 1.61 bits per heavy atom. The largest absolute Gasteiger partial charge is 0.369 e. The molecule has 0 spiro atoms. The van der Waals surface area contributed by atoms with E-state index in [0.29, 0.717) is 0 Å². The molecule has 3 aromatic rings. The van der Waals surface area contributed by atoms with Gasteiger partial charge in [-0.05, 0) is 73.8 Å². The fraction of sp³-hybridized carbons (Fsp3) is 0.286. The number of allylic oxidation sites excluding steroid dienone is 5. The van der Waals surface area contributed by atoms with Gasteiger partial charge >= 0.3 is 0 Å². The van der Waals surface area contributed by atoms with Crippen LogP contribution in [-0.4, -0.2) is 76.3 Å². The third-order valence-electron chi connectivity index (χ3n) is 8.32. The van der Waals surface area contributed by atoms with E-state index in [-0.39, 0.29) is 0 Å². The van der Waals surface area contributed by atoms with Crippen molar-refractivity contribution in [1.82, 2.24) is 9.80 Å². The molecular weight excluding hydrogens is 504 g/mol. The fourth-order valence-corrected chi connectivity index (χ4v) is 5.51. The van der Waals surface area contributed by atoms with Crippen LogP contribution < -0.4 is 19.3 Å². The van der Waals surface area contributed by atoms with Crippen LogP contribution >= 0.6 is 0 Å². The van der Waals surface area contributed by atoms with E-state index in [1.807, 2.05) is 0 Å². The number of piperazine rings is 2. The first kappa shape index (κ1) is 27.1. The standard InChI is InChI=1S/C35H41N6/c1-36-22-26-40(27-23-36)34-10-6-32(7-11-34)38-18-14-30(15-19-38)4-3-5-31-16-20-39(21-17-31)33-8-12-35(13-9-33)41-28-24-37(2)25-29-41/h3-21H,22-29H2,1-2H3/q+1. The van der Waals surface area contributed by atoms with E-state index < -0.39 is 0 Å². The number of aromatic nitrogens is 1. The average molecular weight is 546 g/mol. The molecule has 6 nitrogen and oxygen atoms in total. The van der Waals surface area contributed by atoms with E-state index in [1.165, 1.54) is 33.9 Å². The molecule has 0 bridgehead atoms. The molecule has 0 aliphatic carbocycles. The van der Waals surface area contributed by atoms with Gasteiger partial charge in [0.15, 0.2) is 12.4 Å². The number of pyridine rings is 1. The molecule has 4 heterocycles. The molecule has 2 aromatic carbocycles. The number of nitrogens with zero attached hydrogens (tertiary/aromatic N) is 6. The maximum absolute atomic E-state index is 2.47. The van der Waals surface area contributed by atoms with Crippen molar-refractivity contribution in [1.29, 1.82) is 0 Å². The Morgan fingerprint density at radius 1 is 0.585 bits per heavy atom. The van der Waals surface area contributed by atoms with Crippen LogP contribution in [0.3, 0.4) is 0 Å². The van der Waals surface area contributed by atoms with E-state index in [1.54, 1.807) is 0 Å². The molecule has 0 atom stereocenters. The van der Waals surface area contributed by atoms with E-state index in [0.717, 1.165) is 52.4 Å². The molecular formula is C35H41N6+. The van der Waals surface area contributed by atoms with Crippen LogP contribution in [0.4, 0.5) is 17.1 Å². The summed E-state index contributed by atoms with van der Waals surface area (Å²) in [5, 5.41) is 0. The predicted molar refractivity (Wildman–Crippen MR) is 172 cm³/mol. The summed E-state index contributed by atoms with van der Waals surface area (Å²) in [7, 11) is 4.39. The quantitative estimate of drug-likeness (QED) is 0.407. The van der Waals surface area contributed by atoms with E-state index in [4.69, 9.17) is 0 Å². The molecule has 210 valence electrons. The van der Waals surface area contributed by atoms with Crippen LogP contribution in [0.15, 0.2) is 115 Å². The highest BCUT2D eigenvalue weighted by Gasteiger charge is 2.16. The average Bonchev–Trinajstić information content (AvgIpc) is 3.03. The van der Waals surface area contributed by atoms with Crippen LogP contribution in [-0.2, 0) is 0 Å². The highest BCUT2D eigenvalue weighted by atomic mass is 15.3. The summed E-state index contributed by atoms with van der Waals surface area (Å²) in [6, 6.07) is 22.1. The van der Waals surface area contributed by atoms with E-state index in [2.05, 4.69) is 159 Å². The highest BCUT2D eigenvalue weighted by Crippen LogP contribution is 2.24. The molecule has 1 aromatic heterocycles. The van der Waals surface area contributed by atoms with Crippen LogP contribution in [0, 0.1) is 0 Å². The van der Waals surface area contributed by atoms with Gasteiger partial charge in [0.1, 0.15) is 0 Å². The zero-order valence-electron chi connectivity index (χ0n) is 24.3. The summed E-state index contributed by atoms with van der Waals surface area (Å²) in [5.74, 6) is 0. The number of benzene rings is 2. The zero-order chi connectivity index (χ0) is 28.0. The molecule has 2 fully saturated rings. The smallest absolute Gasteiger partial charge is 0.210 e. The second kappa shape index (κ2) is 12.6. The summed E-state index contributed by atoms with van der Waals surface area (Å²) in [6.07, 6.45) is 19.3. The maximum atomic E-state index is 2.47. The number of likely N-dealkylation sites (N-methyl/N-ethyl adjacent to an activating group) is 2. The Bertz CT molecular complexity index is 1390. The van der Waals surface area contributed by atoms with Crippen molar-refractivity contribution in [2.75, 3.05) is 81.2 Å². The molecule has 0 radical (unpaired) electrons. The van der Waals surface area contributed by atoms with Gasteiger partial charge in [0.2, 0.25) is 5.69 Å². The van der Waals surface area contributed by atoms with Crippen molar-refractivity contribution in [2.24, 2.45) is 0 Å². The summed E-state index contributed by atoms with van der Waals surface area (Å²) < 4.78 is 2.17. The van der Waals surface area contributed by atoms with Crippen LogP contribution in [0.2, 0.25) is 0 Å². The molecule has 0 saturated carbocycles. The monoisotopic (exact) mass is 545 g/mol. The van der Waals surface area contributed by atoms with Crippen LogP contribution in [0.1, 0.15) is 5.56 Å². The fourth-order valence-electron chi connectivity index (χ4n) is 5.51. The summed E-state index contributed by atoms with van der Waals surface area (Å²) in [4.78, 5) is 11.9. The van der Waals surface area contributed by atoms with Crippen molar-refractivity contribution < 1.29 is 4.57 Å². The van der Waals surface area contributed by atoms with Gasteiger partial charge in [-0.1, -0.05) is 18.2 Å².